The first kappa shape index (κ1) is 18.8. The summed E-state index contributed by atoms with van der Waals surface area (Å²) in [6.07, 6.45) is 4.16. The summed E-state index contributed by atoms with van der Waals surface area (Å²) in [4.78, 5) is 15.1. The number of ether oxygens (including phenoxy) is 1. The van der Waals surface area contributed by atoms with E-state index in [9.17, 15) is 4.79 Å². The Bertz CT molecular complexity index is 534. The average molecular weight is 332 g/mol. The molecule has 1 fully saturated rings. The topological polar surface area (TPSA) is 41.6 Å². The minimum absolute atomic E-state index is 0.264. The number of nitrogens with zero attached hydrogens (tertiary/aromatic N) is 1. The Kier molecular flexibility index (Phi) is 6.67. The number of hydrogen-bond acceptors (Lipinski definition) is 3. The number of amides is 1. The van der Waals surface area contributed by atoms with Gasteiger partial charge in [0.2, 0.25) is 5.91 Å². The molecule has 0 spiro atoms. The molecule has 1 saturated heterocycles. The fraction of sp³-hybridized carbons (Fsp3) is 0.650. The van der Waals surface area contributed by atoms with Crippen molar-refractivity contribution in [3.8, 4) is 5.75 Å². The highest BCUT2D eigenvalue weighted by Crippen LogP contribution is 2.31. The Morgan fingerprint density at radius 2 is 1.96 bits per heavy atom. The Hall–Kier alpha value is -1.55. The minimum Gasteiger partial charge on any atom is -0.496 e. The molecule has 1 N–H and O–H groups in total. The van der Waals surface area contributed by atoms with Crippen molar-refractivity contribution in [2.45, 2.75) is 39.5 Å². The molecular weight excluding hydrogens is 300 g/mol. The van der Waals surface area contributed by atoms with Gasteiger partial charge in [-0.2, -0.15) is 0 Å². The molecule has 1 amide bonds. The Balaban J connectivity index is 1.95. The van der Waals surface area contributed by atoms with Crippen molar-refractivity contribution >= 4 is 5.91 Å². The van der Waals surface area contributed by atoms with E-state index in [2.05, 4.69) is 30.1 Å². The standard InChI is InChI=1S/C20H32N2O2/c1-20(2,15-17-7-5-6-8-18(17)24-4)19(23)22-13-10-16(11-14-22)9-12-21-3/h5-8,16,21H,9-15H2,1-4H3. The number of likely N-dealkylation sites (tertiary alicyclic amines) is 1. The molecule has 134 valence electrons. The lowest BCUT2D eigenvalue weighted by Gasteiger charge is -2.37. The zero-order valence-corrected chi connectivity index (χ0v) is 15.6. The van der Waals surface area contributed by atoms with Crippen LogP contribution in [0.15, 0.2) is 24.3 Å². The van der Waals surface area contributed by atoms with Crippen LogP contribution in [0.4, 0.5) is 0 Å². The second-order valence-electron chi connectivity index (χ2n) is 7.50. The summed E-state index contributed by atoms with van der Waals surface area (Å²) in [7, 11) is 3.68. The lowest BCUT2D eigenvalue weighted by Crippen LogP contribution is -2.46. The number of hydrogen-bond donors (Lipinski definition) is 1. The first-order chi connectivity index (χ1) is 11.5. The monoisotopic (exact) mass is 332 g/mol. The van der Waals surface area contributed by atoms with Crippen molar-refractivity contribution < 1.29 is 9.53 Å². The molecule has 4 heteroatoms. The van der Waals surface area contributed by atoms with Crippen LogP contribution >= 0.6 is 0 Å². The molecule has 0 bridgehead atoms. The van der Waals surface area contributed by atoms with Gasteiger partial charge in [0.1, 0.15) is 5.75 Å². The zero-order chi connectivity index (χ0) is 17.6. The van der Waals surface area contributed by atoms with Crippen molar-refractivity contribution in [2.75, 3.05) is 33.8 Å². The number of rotatable bonds is 7. The van der Waals surface area contributed by atoms with Gasteiger partial charge in [0, 0.05) is 18.5 Å². The highest BCUT2D eigenvalue weighted by molar-refractivity contribution is 5.82. The molecule has 0 unspecified atom stereocenters. The summed E-state index contributed by atoms with van der Waals surface area (Å²) >= 11 is 0. The van der Waals surface area contributed by atoms with Gasteiger partial charge in [0.15, 0.2) is 0 Å². The number of carbonyl (C=O) groups excluding carboxylic acids is 1. The third-order valence-corrected chi connectivity index (χ3v) is 5.11. The lowest BCUT2D eigenvalue weighted by atomic mass is 9.82. The van der Waals surface area contributed by atoms with Gasteiger partial charge in [0.05, 0.1) is 7.11 Å². The molecule has 24 heavy (non-hydrogen) atoms. The molecule has 1 aliphatic heterocycles. The van der Waals surface area contributed by atoms with Gasteiger partial charge in [-0.25, -0.2) is 0 Å². The van der Waals surface area contributed by atoms with Crippen LogP contribution in [0.3, 0.4) is 0 Å². The van der Waals surface area contributed by atoms with E-state index in [-0.39, 0.29) is 5.91 Å². The number of benzene rings is 1. The van der Waals surface area contributed by atoms with Gasteiger partial charge < -0.3 is 15.0 Å². The zero-order valence-electron chi connectivity index (χ0n) is 15.6. The summed E-state index contributed by atoms with van der Waals surface area (Å²) < 4.78 is 5.44. The Morgan fingerprint density at radius 3 is 2.58 bits per heavy atom. The van der Waals surface area contributed by atoms with Crippen molar-refractivity contribution in [1.82, 2.24) is 10.2 Å². The highest BCUT2D eigenvalue weighted by Gasteiger charge is 2.34. The van der Waals surface area contributed by atoms with E-state index in [4.69, 9.17) is 4.74 Å². The SMILES string of the molecule is CNCCC1CCN(C(=O)C(C)(C)Cc2ccccc2OC)CC1. The van der Waals surface area contributed by atoms with E-state index in [0.29, 0.717) is 6.42 Å². The van der Waals surface area contributed by atoms with Gasteiger partial charge in [0.25, 0.3) is 0 Å². The summed E-state index contributed by atoms with van der Waals surface area (Å²) in [5.74, 6) is 1.88. The number of piperidine rings is 1. The maximum Gasteiger partial charge on any atom is 0.228 e. The largest absolute Gasteiger partial charge is 0.496 e. The molecule has 0 atom stereocenters. The molecule has 0 saturated carbocycles. The molecule has 1 aromatic rings. The number of carbonyl (C=O) groups is 1. The van der Waals surface area contributed by atoms with E-state index >= 15 is 0 Å². The first-order valence-corrected chi connectivity index (χ1v) is 9.04. The second kappa shape index (κ2) is 8.52. The predicted octanol–water partition coefficient (Wildman–Crippen LogP) is 3.11. The number of para-hydroxylation sites is 1. The van der Waals surface area contributed by atoms with Gasteiger partial charge in [-0.05, 0) is 56.8 Å². The molecule has 4 nitrogen and oxygen atoms in total. The molecule has 1 heterocycles. The van der Waals surface area contributed by atoms with Gasteiger partial charge in [-0.3, -0.25) is 4.79 Å². The quantitative estimate of drug-likeness (QED) is 0.834. The second-order valence-corrected chi connectivity index (χ2v) is 7.50. The van der Waals surface area contributed by atoms with E-state index in [1.807, 2.05) is 25.2 Å². The highest BCUT2D eigenvalue weighted by atomic mass is 16.5. The summed E-state index contributed by atoms with van der Waals surface area (Å²) in [5, 5.41) is 3.22. The van der Waals surface area contributed by atoms with Gasteiger partial charge >= 0.3 is 0 Å². The lowest BCUT2D eigenvalue weighted by molar-refractivity contribution is -0.141. The van der Waals surface area contributed by atoms with Crippen LogP contribution in [0.5, 0.6) is 5.75 Å². The molecular formula is C20H32N2O2. The molecule has 1 aromatic carbocycles. The molecule has 1 aliphatic rings. The van der Waals surface area contributed by atoms with Crippen LogP contribution in [-0.2, 0) is 11.2 Å². The molecule has 0 radical (unpaired) electrons. The maximum atomic E-state index is 13.0. The molecule has 2 rings (SSSR count). The fourth-order valence-corrected chi connectivity index (χ4v) is 3.60. The van der Waals surface area contributed by atoms with Crippen LogP contribution in [0.1, 0.15) is 38.7 Å². The van der Waals surface area contributed by atoms with Crippen LogP contribution in [0, 0.1) is 11.3 Å². The third kappa shape index (κ3) is 4.73. The normalized spacial score (nSPS) is 16.2. The van der Waals surface area contributed by atoms with Crippen molar-refractivity contribution in [1.29, 1.82) is 0 Å². The third-order valence-electron chi connectivity index (χ3n) is 5.11. The smallest absolute Gasteiger partial charge is 0.228 e. The first-order valence-electron chi connectivity index (χ1n) is 9.04. The van der Waals surface area contributed by atoms with E-state index in [1.54, 1.807) is 7.11 Å². The molecule has 0 aliphatic carbocycles. The van der Waals surface area contributed by atoms with Crippen LogP contribution < -0.4 is 10.1 Å². The van der Waals surface area contributed by atoms with E-state index in [0.717, 1.165) is 49.7 Å². The van der Waals surface area contributed by atoms with E-state index in [1.165, 1.54) is 6.42 Å². The van der Waals surface area contributed by atoms with Crippen LogP contribution in [0.25, 0.3) is 0 Å². The van der Waals surface area contributed by atoms with Crippen molar-refractivity contribution in [2.24, 2.45) is 11.3 Å². The Morgan fingerprint density at radius 1 is 1.29 bits per heavy atom. The van der Waals surface area contributed by atoms with E-state index < -0.39 is 5.41 Å². The predicted molar refractivity (Wildman–Crippen MR) is 98.3 cm³/mol. The van der Waals surface area contributed by atoms with Crippen molar-refractivity contribution in [3.63, 3.8) is 0 Å². The minimum atomic E-state index is -0.410. The van der Waals surface area contributed by atoms with Gasteiger partial charge in [-0.15, -0.1) is 0 Å². The fourth-order valence-electron chi connectivity index (χ4n) is 3.60. The van der Waals surface area contributed by atoms with Crippen LogP contribution in [-0.4, -0.2) is 44.6 Å². The number of methoxy groups -OCH3 is 1. The maximum absolute atomic E-state index is 13.0. The Labute approximate surface area is 146 Å². The summed E-state index contributed by atoms with van der Waals surface area (Å²) in [6.45, 7) is 6.95. The molecule has 0 aromatic heterocycles. The van der Waals surface area contributed by atoms with Crippen LogP contribution in [0.2, 0.25) is 0 Å². The number of nitrogens with one attached hydrogen (secondary N) is 1. The average Bonchev–Trinajstić information content (AvgIpc) is 2.60. The summed E-state index contributed by atoms with van der Waals surface area (Å²) in [6, 6.07) is 7.99. The summed E-state index contributed by atoms with van der Waals surface area (Å²) in [5.41, 5.74) is 0.689. The van der Waals surface area contributed by atoms with Crippen molar-refractivity contribution in [3.05, 3.63) is 29.8 Å². The van der Waals surface area contributed by atoms with Gasteiger partial charge in [-0.1, -0.05) is 32.0 Å².